The summed E-state index contributed by atoms with van der Waals surface area (Å²) < 4.78 is 4.69. The Morgan fingerprint density at radius 3 is 2.72 bits per heavy atom. The van der Waals surface area contributed by atoms with Crippen LogP contribution in [-0.4, -0.2) is 26.0 Å². The van der Waals surface area contributed by atoms with Crippen LogP contribution in [0, 0.1) is 0 Å². The van der Waals surface area contributed by atoms with Gasteiger partial charge in [0.25, 0.3) is 0 Å². The van der Waals surface area contributed by atoms with Crippen molar-refractivity contribution in [2.24, 2.45) is 0 Å². The van der Waals surface area contributed by atoms with Crippen LogP contribution in [0.25, 0.3) is 0 Å². The summed E-state index contributed by atoms with van der Waals surface area (Å²) in [4.78, 5) is 25.3. The highest BCUT2D eigenvalue weighted by molar-refractivity contribution is 6.09. The van der Waals surface area contributed by atoms with E-state index in [-0.39, 0.29) is 5.91 Å². The maximum atomic E-state index is 12.2. The monoisotopic (exact) mass is 245 g/mol. The number of anilines is 1. The molecule has 1 aliphatic heterocycles. The number of carbonyl (C=O) groups is 2. The first kappa shape index (κ1) is 12.4. The van der Waals surface area contributed by atoms with Crippen LogP contribution < -0.4 is 4.90 Å². The van der Waals surface area contributed by atoms with E-state index in [2.05, 4.69) is 11.3 Å². The lowest BCUT2D eigenvalue weighted by Gasteiger charge is -2.18. The molecule has 0 spiro atoms. The standard InChI is InChI=1S/C14H15NO3/c1-5-14(2)10-8-9(12(16)18-4)6-7-11(10)15(3)13(14)17/h5-8H,1H2,2-4H3. The zero-order valence-electron chi connectivity index (χ0n) is 10.7. The lowest BCUT2D eigenvalue weighted by molar-refractivity contribution is -0.120. The first-order valence-electron chi connectivity index (χ1n) is 5.60. The Kier molecular flexibility index (Phi) is 2.73. The van der Waals surface area contributed by atoms with Gasteiger partial charge < -0.3 is 9.64 Å². The van der Waals surface area contributed by atoms with E-state index in [0.29, 0.717) is 5.56 Å². The van der Waals surface area contributed by atoms with Gasteiger partial charge in [0, 0.05) is 12.7 Å². The molecule has 0 aliphatic carbocycles. The summed E-state index contributed by atoms with van der Waals surface area (Å²) in [5, 5.41) is 0. The first-order valence-corrected chi connectivity index (χ1v) is 5.60. The number of likely N-dealkylation sites (N-methyl/N-ethyl adjacent to an activating group) is 1. The predicted molar refractivity (Wildman–Crippen MR) is 68.7 cm³/mol. The molecule has 2 rings (SSSR count). The number of rotatable bonds is 2. The minimum absolute atomic E-state index is 0.0467. The highest BCUT2D eigenvalue weighted by Gasteiger charge is 2.44. The summed E-state index contributed by atoms with van der Waals surface area (Å²) in [5.74, 6) is -0.458. The zero-order chi connectivity index (χ0) is 13.5. The summed E-state index contributed by atoms with van der Waals surface area (Å²) in [7, 11) is 3.05. The number of hydrogen-bond acceptors (Lipinski definition) is 3. The molecule has 4 nitrogen and oxygen atoms in total. The van der Waals surface area contributed by atoms with E-state index < -0.39 is 11.4 Å². The third kappa shape index (κ3) is 1.45. The van der Waals surface area contributed by atoms with Crippen LogP contribution in [0.15, 0.2) is 30.9 Å². The number of hydrogen-bond donors (Lipinski definition) is 0. The average molecular weight is 245 g/mol. The van der Waals surface area contributed by atoms with E-state index in [4.69, 9.17) is 0 Å². The van der Waals surface area contributed by atoms with Crippen LogP contribution in [-0.2, 0) is 14.9 Å². The van der Waals surface area contributed by atoms with Gasteiger partial charge in [-0.05, 0) is 30.7 Å². The smallest absolute Gasteiger partial charge is 0.337 e. The highest BCUT2D eigenvalue weighted by atomic mass is 16.5. The molecule has 94 valence electrons. The Morgan fingerprint density at radius 2 is 2.17 bits per heavy atom. The molecular weight excluding hydrogens is 230 g/mol. The molecule has 18 heavy (non-hydrogen) atoms. The van der Waals surface area contributed by atoms with Crippen molar-refractivity contribution < 1.29 is 14.3 Å². The van der Waals surface area contributed by atoms with E-state index in [1.807, 2.05) is 0 Å². The Morgan fingerprint density at radius 1 is 1.50 bits per heavy atom. The number of esters is 1. The van der Waals surface area contributed by atoms with Crippen molar-refractivity contribution >= 4 is 17.6 Å². The SMILES string of the molecule is C=CC1(C)C(=O)N(C)c2ccc(C(=O)OC)cc21. The molecule has 0 aromatic heterocycles. The van der Waals surface area contributed by atoms with Gasteiger partial charge in [-0.3, -0.25) is 4.79 Å². The first-order chi connectivity index (χ1) is 8.45. The Balaban J connectivity index is 2.63. The maximum absolute atomic E-state index is 12.2. The second-order valence-electron chi connectivity index (χ2n) is 4.49. The predicted octanol–water partition coefficient (Wildman–Crippen LogP) is 1.89. The molecule has 0 radical (unpaired) electrons. The third-order valence-electron chi connectivity index (χ3n) is 3.50. The molecular formula is C14H15NO3. The number of ether oxygens (including phenoxy) is 1. The molecule has 1 heterocycles. The van der Waals surface area contributed by atoms with Gasteiger partial charge in [0.2, 0.25) is 5.91 Å². The fraction of sp³-hybridized carbons (Fsp3) is 0.286. The maximum Gasteiger partial charge on any atom is 0.337 e. The molecule has 1 aliphatic rings. The van der Waals surface area contributed by atoms with Crippen LogP contribution in [0.1, 0.15) is 22.8 Å². The van der Waals surface area contributed by atoms with Crippen LogP contribution in [0.2, 0.25) is 0 Å². The summed E-state index contributed by atoms with van der Waals surface area (Å²) in [6.45, 7) is 5.53. The fourth-order valence-corrected chi connectivity index (χ4v) is 2.26. The number of benzene rings is 1. The normalized spacial score (nSPS) is 21.7. The van der Waals surface area contributed by atoms with Crippen molar-refractivity contribution in [2.45, 2.75) is 12.3 Å². The van der Waals surface area contributed by atoms with Crippen LogP contribution in [0.3, 0.4) is 0 Å². The topological polar surface area (TPSA) is 46.6 Å². The molecule has 0 N–H and O–H groups in total. The van der Waals surface area contributed by atoms with Gasteiger partial charge in [0.1, 0.15) is 0 Å². The minimum Gasteiger partial charge on any atom is -0.465 e. The molecule has 1 atom stereocenters. The minimum atomic E-state index is -0.784. The molecule has 1 unspecified atom stereocenters. The van der Waals surface area contributed by atoms with E-state index in [9.17, 15) is 9.59 Å². The van der Waals surface area contributed by atoms with Gasteiger partial charge in [-0.2, -0.15) is 0 Å². The highest BCUT2D eigenvalue weighted by Crippen LogP contribution is 2.42. The van der Waals surface area contributed by atoms with Crippen molar-refractivity contribution in [3.8, 4) is 0 Å². The summed E-state index contributed by atoms with van der Waals surface area (Å²) in [5.41, 5.74) is 1.24. The largest absolute Gasteiger partial charge is 0.465 e. The van der Waals surface area contributed by atoms with Crippen molar-refractivity contribution in [3.63, 3.8) is 0 Å². The fourth-order valence-electron chi connectivity index (χ4n) is 2.26. The van der Waals surface area contributed by atoms with Crippen LogP contribution in [0.4, 0.5) is 5.69 Å². The zero-order valence-corrected chi connectivity index (χ0v) is 10.7. The molecule has 0 bridgehead atoms. The van der Waals surface area contributed by atoms with Gasteiger partial charge in [-0.25, -0.2) is 4.79 Å². The lowest BCUT2D eigenvalue weighted by Crippen LogP contribution is -2.34. The average Bonchev–Trinajstić information content (AvgIpc) is 2.60. The Hall–Kier alpha value is -2.10. The second kappa shape index (κ2) is 3.98. The van der Waals surface area contributed by atoms with E-state index in [0.717, 1.165) is 11.3 Å². The van der Waals surface area contributed by atoms with Gasteiger partial charge in [0.15, 0.2) is 0 Å². The van der Waals surface area contributed by atoms with Crippen LogP contribution in [0.5, 0.6) is 0 Å². The van der Waals surface area contributed by atoms with Gasteiger partial charge >= 0.3 is 5.97 Å². The quantitative estimate of drug-likeness (QED) is 0.590. The van der Waals surface area contributed by atoms with E-state index >= 15 is 0 Å². The molecule has 0 fully saturated rings. The van der Waals surface area contributed by atoms with Crippen LogP contribution >= 0.6 is 0 Å². The third-order valence-corrected chi connectivity index (χ3v) is 3.50. The lowest BCUT2D eigenvalue weighted by atomic mass is 9.83. The molecule has 0 saturated carbocycles. The summed E-state index contributed by atoms with van der Waals surface area (Å²) in [6, 6.07) is 5.11. The van der Waals surface area contributed by atoms with Crippen molar-refractivity contribution in [1.29, 1.82) is 0 Å². The van der Waals surface area contributed by atoms with Crippen molar-refractivity contribution in [3.05, 3.63) is 42.0 Å². The van der Waals surface area contributed by atoms with Gasteiger partial charge in [-0.1, -0.05) is 6.08 Å². The second-order valence-corrected chi connectivity index (χ2v) is 4.49. The number of fused-ring (bicyclic) bond motifs is 1. The molecule has 1 aromatic rings. The molecule has 4 heteroatoms. The Bertz CT molecular complexity index is 550. The van der Waals surface area contributed by atoms with E-state index in [1.165, 1.54) is 7.11 Å². The van der Waals surface area contributed by atoms with Gasteiger partial charge in [-0.15, -0.1) is 6.58 Å². The molecule has 1 aromatic carbocycles. The number of methoxy groups -OCH3 is 1. The van der Waals surface area contributed by atoms with Crippen molar-refractivity contribution in [2.75, 3.05) is 19.1 Å². The molecule has 1 amide bonds. The van der Waals surface area contributed by atoms with E-state index in [1.54, 1.807) is 43.1 Å². The molecule has 0 saturated heterocycles. The van der Waals surface area contributed by atoms with Crippen molar-refractivity contribution in [1.82, 2.24) is 0 Å². The number of nitrogens with zero attached hydrogens (tertiary/aromatic N) is 1. The number of carbonyl (C=O) groups excluding carboxylic acids is 2. The number of amides is 1. The van der Waals surface area contributed by atoms with Gasteiger partial charge in [0.05, 0.1) is 18.1 Å². The summed E-state index contributed by atoms with van der Waals surface area (Å²) in [6.07, 6.45) is 1.61. The summed E-state index contributed by atoms with van der Waals surface area (Å²) >= 11 is 0. The Labute approximate surface area is 106 Å².